The van der Waals surface area contributed by atoms with Crippen molar-refractivity contribution in [2.45, 2.75) is 91.4 Å². The molecule has 0 spiro atoms. The van der Waals surface area contributed by atoms with Crippen LogP contribution in [0.15, 0.2) is 30.3 Å². The van der Waals surface area contributed by atoms with E-state index < -0.39 is 42.0 Å². The number of carbonyl (C=O) groups excluding carboxylic acids is 3. The maximum atomic E-state index is 13.3. The lowest BCUT2D eigenvalue weighted by Gasteiger charge is -2.30. The average Bonchev–Trinajstić information content (AvgIpc) is 2.75. The van der Waals surface area contributed by atoms with E-state index in [0.717, 1.165) is 5.56 Å². The summed E-state index contributed by atoms with van der Waals surface area (Å²) in [5.74, 6) is -2.10. The summed E-state index contributed by atoms with van der Waals surface area (Å²) in [6.07, 6.45) is 0.774. The van der Waals surface area contributed by atoms with Crippen LogP contribution >= 0.6 is 0 Å². The van der Waals surface area contributed by atoms with Gasteiger partial charge in [0, 0.05) is 18.5 Å². The lowest BCUT2D eigenvalue weighted by molar-refractivity contribution is -0.138. The van der Waals surface area contributed by atoms with Crippen molar-refractivity contribution in [3.05, 3.63) is 35.9 Å². The molecule has 4 atom stereocenters. The third-order valence-electron chi connectivity index (χ3n) is 5.75. The molecule has 0 bridgehead atoms. The quantitative estimate of drug-likeness (QED) is 0.247. The second kappa shape index (κ2) is 15.2. The Kier molecular flexibility index (Phi) is 13.2. The van der Waals surface area contributed by atoms with E-state index in [1.165, 1.54) is 0 Å². The molecule has 0 saturated heterocycles. The Hall–Kier alpha value is -2.94. The van der Waals surface area contributed by atoms with Gasteiger partial charge in [0.2, 0.25) is 17.7 Å². The predicted molar refractivity (Wildman–Crippen MR) is 140 cm³/mol. The van der Waals surface area contributed by atoms with Gasteiger partial charge in [-0.05, 0) is 36.2 Å². The topological polar surface area (TPSA) is 151 Å². The zero-order valence-electron chi connectivity index (χ0n) is 22.4. The number of aliphatic carboxylic acids is 1. The number of carboxylic acid groups (broad SMARTS) is 1. The molecule has 1 aromatic carbocycles. The first kappa shape index (κ1) is 31.1. The van der Waals surface area contributed by atoms with Crippen molar-refractivity contribution in [2.24, 2.45) is 23.5 Å². The van der Waals surface area contributed by atoms with Crippen LogP contribution in [0.2, 0.25) is 0 Å². The number of nitrogens with two attached hydrogens (primary N) is 1. The molecule has 0 unspecified atom stereocenters. The van der Waals surface area contributed by atoms with Crippen LogP contribution in [-0.2, 0) is 25.6 Å². The summed E-state index contributed by atoms with van der Waals surface area (Å²) in [6.45, 7) is 11.4. The summed E-state index contributed by atoms with van der Waals surface area (Å²) in [5.41, 5.74) is 7.06. The van der Waals surface area contributed by atoms with Crippen molar-refractivity contribution >= 4 is 23.7 Å². The van der Waals surface area contributed by atoms with Gasteiger partial charge in [-0.1, -0.05) is 71.9 Å². The van der Waals surface area contributed by atoms with Crippen molar-refractivity contribution in [1.29, 1.82) is 0 Å². The molecule has 202 valence electrons. The van der Waals surface area contributed by atoms with Crippen molar-refractivity contribution in [3.8, 4) is 0 Å². The van der Waals surface area contributed by atoms with Crippen molar-refractivity contribution < 1.29 is 24.3 Å². The van der Waals surface area contributed by atoms with E-state index in [4.69, 9.17) is 5.73 Å². The number of hydrogen-bond donors (Lipinski definition) is 5. The van der Waals surface area contributed by atoms with Crippen LogP contribution < -0.4 is 21.7 Å². The molecule has 0 aromatic heterocycles. The fourth-order valence-electron chi connectivity index (χ4n) is 3.91. The Bertz CT molecular complexity index is 857. The predicted octanol–water partition coefficient (Wildman–Crippen LogP) is 2.23. The third kappa shape index (κ3) is 11.7. The summed E-state index contributed by atoms with van der Waals surface area (Å²) < 4.78 is 0. The van der Waals surface area contributed by atoms with Crippen LogP contribution in [0.4, 0.5) is 0 Å². The molecule has 0 heterocycles. The Morgan fingerprint density at radius 3 is 1.94 bits per heavy atom. The van der Waals surface area contributed by atoms with Crippen LogP contribution in [0.1, 0.15) is 66.4 Å². The van der Waals surface area contributed by atoms with Crippen LogP contribution in [0.3, 0.4) is 0 Å². The minimum absolute atomic E-state index is 0.149. The molecular weight excluding hydrogens is 460 g/mol. The number of carbonyl (C=O) groups is 4. The summed E-state index contributed by atoms with van der Waals surface area (Å²) in [7, 11) is 0. The molecule has 1 rings (SSSR count). The summed E-state index contributed by atoms with van der Waals surface area (Å²) in [5, 5.41) is 17.7. The molecule has 0 fully saturated rings. The second-order valence-electron chi connectivity index (χ2n) is 10.6. The molecule has 9 heteroatoms. The molecule has 0 aliphatic carbocycles. The van der Waals surface area contributed by atoms with E-state index in [0.29, 0.717) is 19.3 Å². The maximum absolute atomic E-state index is 13.3. The van der Waals surface area contributed by atoms with Gasteiger partial charge in [-0.3, -0.25) is 19.2 Å². The van der Waals surface area contributed by atoms with Crippen LogP contribution in [0, 0.1) is 17.8 Å². The first-order valence-corrected chi connectivity index (χ1v) is 12.7. The zero-order chi connectivity index (χ0) is 27.4. The highest BCUT2D eigenvalue weighted by Crippen LogP contribution is 2.12. The van der Waals surface area contributed by atoms with Gasteiger partial charge in [0.1, 0.15) is 12.1 Å². The van der Waals surface area contributed by atoms with E-state index >= 15 is 0 Å². The van der Waals surface area contributed by atoms with Gasteiger partial charge in [0.15, 0.2) is 0 Å². The highest BCUT2D eigenvalue weighted by Gasteiger charge is 2.32. The first-order valence-electron chi connectivity index (χ1n) is 12.7. The fourth-order valence-corrected chi connectivity index (χ4v) is 3.91. The fraction of sp³-hybridized carbons (Fsp3) is 0.630. The van der Waals surface area contributed by atoms with E-state index in [1.807, 2.05) is 71.9 Å². The highest BCUT2D eigenvalue weighted by molar-refractivity contribution is 5.92. The molecule has 0 saturated carbocycles. The van der Waals surface area contributed by atoms with Crippen molar-refractivity contribution in [2.75, 3.05) is 0 Å². The van der Waals surface area contributed by atoms with Gasteiger partial charge in [-0.2, -0.15) is 0 Å². The lowest BCUT2D eigenvalue weighted by atomic mass is 9.95. The minimum Gasteiger partial charge on any atom is -0.481 e. The number of hydrogen-bond acceptors (Lipinski definition) is 5. The summed E-state index contributed by atoms with van der Waals surface area (Å²) in [4.78, 5) is 50.1. The van der Waals surface area contributed by atoms with E-state index in [-0.39, 0.29) is 30.1 Å². The molecule has 9 nitrogen and oxygen atoms in total. The molecule has 0 radical (unpaired) electrons. The Morgan fingerprint density at radius 1 is 0.833 bits per heavy atom. The van der Waals surface area contributed by atoms with Gasteiger partial charge in [0.25, 0.3) is 0 Å². The largest absolute Gasteiger partial charge is 0.481 e. The van der Waals surface area contributed by atoms with Crippen molar-refractivity contribution in [3.63, 3.8) is 0 Å². The third-order valence-corrected chi connectivity index (χ3v) is 5.75. The molecular formula is C27H44N4O5. The maximum Gasteiger partial charge on any atom is 0.305 e. The average molecular weight is 505 g/mol. The molecule has 36 heavy (non-hydrogen) atoms. The van der Waals surface area contributed by atoms with E-state index in [1.54, 1.807) is 0 Å². The van der Waals surface area contributed by atoms with E-state index in [9.17, 15) is 24.3 Å². The molecule has 6 N–H and O–H groups in total. The molecule has 1 aromatic rings. The highest BCUT2D eigenvalue weighted by atomic mass is 16.4. The summed E-state index contributed by atoms with van der Waals surface area (Å²) >= 11 is 0. The zero-order valence-corrected chi connectivity index (χ0v) is 22.4. The van der Waals surface area contributed by atoms with Gasteiger partial charge in [0.05, 0.1) is 6.42 Å². The smallest absolute Gasteiger partial charge is 0.305 e. The van der Waals surface area contributed by atoms with Crippen LogP contribution in [0.5, 0.6) is 0 Å². The van der Waals surface area contributed by atoms with Crippen LogP contribution in [0.25, 0.3) is 0 Å². The molecule has 0 aliphatic heterocycles. The van der Waals surface area contributed by atoms with Crippen molar-refractivity contribution in [1.82, 2.24) is 16.0 Å². The Labute approximate surface area is 215 Å². The van der Waals surface area contributed by atoms with Gasteiger partial charge in [-0.15, -0.1) is 0 Å². The summed E-state index contributed by atoms with van der Waals surface area (Å²) in [6, 6.07) is 6.23. The SMILES string of the molecule is CC(C)CC(=O)N[C@@H](CC(C)C)C(=O)N[C@H](C(=O)N[C@@H](Cc1ccccc1)[C@@H](N)CC(=O)O)C(C)C. The number of nitrogens with one attached hydrogen (secondary N) is 3. The normalized spacial score (nSPS) is 14.7. The van der Waals surface area contributed by atoms with Gasteiger partial charge >= 0.3 is 5.97 Å². The van der Waals surface area contributed by atoms with Crippen LogP contribution in [-0.4, -0.2) is 53.0 Å². The Balaban J connectivity index is 3.03. The standard InChI is InChI=1S/C27H44N4O5/c1-16(2)12-22(29-23(32)13-17(3)4)26(35)31-25(18(5)6)27(36)30-21(20(28)15-24(33)34)14-19-10-8-7-9-11-19/h7-11,16-18,20-22,25H,12-15,28H2,1-6H3,(H,29,32)(H,30,36)(H,31,35)(H,33,34)/t20-,21-,22-,25-/m0/s1. The number of amides is 3. The minimum atomic E-state index is -1.06. The number of carboxylic acids is 1. The second-order valence-corrected chi connectivity index (χ2v) is 10.6. The number of rotatable bonds is 15. The number of benzene rings is 1. The first-order chi connectivity index (χ1) is 16.8. The Morgan fingerprint density at radius 2 is 1.44 bits per heavy atom. The van der Waals surface area contributed by atoms with Gasteiger partial charge in [-0.25, -0.2) is 0 Å². The monoisotopic (exact) mass is 504 g/mol. The molecule has 3 amide bonds. The van der Waals surface area contributed by atoms with E-state index in [2.05, 4.69) is 16.0 Å². The molecule has 0 aliphatic rings. The van der Waals surface area contributed by atoms with Gasteiger partial charge < -0.3 is 26.8 Å². The lowest BCUT2D eigenvalue weighted by Crippen LogP contribution is -2.59.